The minimum absolute atomic E-state index is 0.0288. The van der Waals surface area contributed by atoms with Crippen molar-refractivity contribution >= 4 is 17.2 Å². The first-order valence-corrected chi connectivity index (χ1v) is 8.93. The van der Waals surface area contributed by atoms with Crippen LogP contribution in [0.15, 0.2) is 45.6 Å². The van der Waals surface area contributed by atoms with Crippen LogP contribution in [0.3, 0.4) is 0 Å². The number of hydrogen-bond donors (Lipinski definition) is 1. The minimum Gasteiger partial charge on any atom is -0.497 e. The summed E-state index contributed by atoms with van der Waals surface area (Å²) in [5.41, 5.74) is 1.99. The SMILES string of the molecule is COc1ccc(-c2noc(CCCC(=O)NCc3ccsc3)n2)cc1. The van der Waals surface area contributed by atoms with Crippen molar-refractivity contribution in [1.82, 2.24) is 15.5 Å². The molecule has 130 valence electrons. The van der Waals surface area contributed by atoms with Crippen molar-refractivity contribution in [2.75, 3.05) is 7.11 Å². The van der Waals surface area contributed by atoms with Crippen molar-refractivity contribution in [3.8, 4) is 17.1 Å². The number of methoxy groups -OCH3 is 1. The highest BCUT2D eigenvalue weighted by atomic mass is 32.1. The normalized spacial score (nSPS) is 10.6. The summed E-state index contributed by atoms with van der Waals surface area (Å²) in [4.78, 5) is 16.2. The molecule has 2 aromatic heterocycles. The van der Waals surface area contributed by atoms with Gasteiger partial charge in [-0.25, -0.2) is 0 Å². The summed E-state index contributed by atoms with van der Waals surface area (Å²) in [6, 6.07) is 9.47. The lowest BCUT2D eigenvalue weighted by Gasteiger charge is -2.02. The Morgan fingerprint density at radius 2 is 2.12 bits per heavy atom. The van der Waals surface area contributed by atoms with Crippen molar-refractivity contribution < 1.29 is 14.1 Å². The van der Waals surface area contributed by atoms with E-state index in [1.165, 1.54) is 0 Å². The maximum Gasteiger partial charge on any atom is 0.226 e. The van der Waals surface area contributed by atoms with Crippen molar-refractivity contribution in [2.45, 2.75) is 25.8 Å². The van der Waals surface area contributed by atoms with Crippen molar-refractivity contribution in [1.29, 1.82) is 0 Å². The Morgan fingerprint density at radius 1 is 1.28 bits per heavy atom. The van der Waals surface area contributed by atoms with Gasteiger partial charge in [-0.3, -0.25) is 4.79 Å². The molecule has 0 aliphatic rings. The van der Waals surface area contributed by atoms with E-state index in [-0.39, 0.29) is 5.91 Å². The number of carbonyl (C=O) groups excluding carboxylic acids is 1. The number of rotatable bonds is 8. The molecular weight excluding hydrogens is 338 g/mol. The maximum absolute atomic E-state index is 11.8. The number of amides is 1. The van der Waals surface area contributed by atoms with Crippen LogP contribution in [0.25, 0.3) is 11.4 Å². The van der Waals surface area contributed by atoms with Crippen LogP contribution >= 0.6 is 11.3 Å². The number of aromatic nitrogens is 2. The lowest BCUT2D eigenvalue weighted by molar-refractivity contribution is -0.121. The Morgan fingerprint density at radius 3 is 2.84 bits per heavy atom. The van der Waals surface area contributed by atoms with Gasteiger partial charge in [-0.2, -0.15) is 16.3 Å². The Labute approximate surface area is 149 Å². The lowest BCUT2D eigenvalue weighted by atomic mass is 10.2. The van der Waals surface area contributed by atoms with Crippen LogP contribution in [-0.4, -0.2) is 23.2 Å². The van der Waals surface area contributed by atoms with Crippen LogP contribution in [0.1, 0.15) is 24.3 Å². The molecule has 1 N–H and O–H groups in total. The third-order valence-electron chi connectivity index (χ3n) is 3.68. The Hall–Kier alpha value is -2.67. The number of benzene rings is 1. The molecule has 1 amide bonds. The summed E-state index contributed by atoms with van der Waals surface area (Å²) in [6.45, 7) is 0.574. The summed E-state index contributed by atoms with van der Waals surface area (Å²) in [7, 11) is 1.62. The molecule has 0 saturated carbocycles. The molecule has 0 fully saturated rings. The summed E-state index contributed by atoms with van der Waals surface area (Å²) in [6.07, 6.45) is 1.68. The third-order valence-corrected chi connectivity index (χ3v) is 4.41. The number of aryl methyl sites for hydroxylation is 1. The standard InChI is InChI=1S/C18H19N3O3S/c1-23-15-7-5-14(6-8-15)18-20-17(24-21-18)4-2-3-16(22)19-11-13-9-10-25-12-13/h5-10,12H,2-4,11H2,1H3,(H,19,22). The Kier molecular flexibility index (Phi) is 5.79. The predicted octanol–water partition coefficient (Wildman–Crippen LogP) is 3.45. The fourth-order valence-corrected chi connectivity index (χ4v) is 2.96. The molecule has 1 aromatic carbocycles. The quantitative estimate of drug-likeness (QED) is 0.668. The van der Waals surface area contributed by atoms with E-state index < -0.39 is 0 Å². The fourth-order valence-electron chi connectivity index (χ4n) is 2.30. The molecule has 2 heterocycles. The molecule has 25 heavy (non-hydrogen) atoms. The van der Waals surface area contributed by atoms with Gasteiger partial charge in [0.25, 0.3) is 0 Å². The molecule has 0 saturated heterocycles. The molecule has 0 aliphatic carbocycles. The highest BCUT2D eigenvalue weighted by Gasteiger charge is 2.10. The van der Waals surface area contributed by atoms with Crippen LogP contribution in [-0.2, 0) is 17.8 Å². The Balaban J connectivity index is 1.44. The van der Waals surface area contributed by atoms with Gasteiger partial charge >= 0.3 is 0 Å². The fraction of sp³-hybridized carbons (Fsp3) is 0.278. The van der Waals surface area contributed by atoms with Crippen LogP contribution < -0.4 is 10.1 Å². The highest BCUT2D eigenvalue weighted by molar-refractivity contribution is 7.07. The number of thiophene rings is 1. The number of nitrogens with one attached hydrogen (secondary N) is 1. The first-order valence-electron chi connectivity index (χ1n) is 7.99. The number of carbonyl (C=O) groups is 1. The predicted molar refractivity (Wildman–Crippen MR) is 95.4 cm³/mol. The van der Waals surface area contributed by atoms with Gasteiger partial charge in [-0.15, -0.1) is 0 Å². The minimum atomic E-state index is 0.0288. The summed E-state index contributed by atoms with van der Waals surface area (Å²) in [5.74, 6) is 1.89. The second-order valence-corrected chi connectivity index (χ2v) is 6.28. The topological polar surface area (TPSA) is 77.2 Å². The molecule has 3 aromatic rings. The van der Waals surface area contributed by atoms with Crippen molar-refractivity contribution in [3.63, 3.8) is 0 Å². The molecule has 7 heteroatoms. The van der Waals surface area contributed by atoms with Crippen LogP contribution in [0.4, 0.5) is 0 Å². The molecule has 0 spiro atoms. The smallest absolute Gasteiger partial charge is 0.226 e. The number of nitrogens with zero attached hydrogens (tertiary/aromatic N) is 2. The molecule has 3 rings (SSSR count). The van der Waals surface area contributed by atoms with Crippen molar-refractivity contribution in [3.05, 3.63) is 52.5 Å². The monoisotopic (exact) mass is 357 g/mol. The summed E-state index contributed by atoms with van der Waals surface area (Å²) in [5, 5.41) is 10.9. The average Bonchev–Trinajstić information content (AvgIpc) is 3.32. The zero-order chi connectivity index (χ0) is 17.5. The van der Waals surface area contributed by atoms with E-state index in [0.29, 0.717) is 37.5 Å². The third kappa shape index (κ3) is 4.90. The van der Waals surface area contributed by atoms with Gasteiger partial charge in [-0.1, -0.05) is 5.16 Å². The average molecular weight is 357 g/mol. The number of ether oxygens (including phenoxy) is 1. The van der Waals surface area contributed by atoms with Crippen LogP contribution in [0.5, 0.6) is 5.75 Å². The van der Waals surface area contributed by atoms with Gasteiger partial charge in [0.1, 0.15) is 5.75 Å². The van der Waals surface area contributed by atoms with Gasteiger partial charge in [-0.05, 0) is 53.1 Å². The summed E-state index contributed by atoms with van der Waals surface area (Å²) < 4.78 is 10.4. The van der Waals surface area contributed by atoms with Gasteiger partial charge < -0.3 is 14.6 Å². The van der Waals surface area contributed by atoms with Gasteiger partial charge in [0.05, 0.1) is 7.11 Å². The zero-order valence-corrected chi connectivity index (χ0v) is 14.7. The van der Waals surface area contributed by atoms with Gasteiger partial charge in [0, 0.05) is 24.9 Å². The Bertz CT molecular complexity index is 797. The van der Waals surface area contributed by atoms with E-state index in [4.69, 9.17) is 9.26 Å². The molecule has 0 aliphatic heterocycles. The van der Waals surface area contributed by atoms with Crippen LogP contribution in [0.2, 0.25) is 0 Å². The highest BCUT2D eigenvalue weighted by Crippen LogP contribution is 2.20. The lowest BCUT2D eigenvalue weighted by Crippen LogP contribution is -2.22. The molecule has 0 bridgehead atoms. The first-order chi connectivity index (χ1) is 12.2. The zero-order valence-electron chi connectivity index (χ0n) is 13.9. The van der Waals surface area contributed by atoms with E-state index in [9.17, 15) is 4.79 Å². The van der Waals surface area contributed by atoms with Gasteiger partial charge in [0.2, 0.25) is 17.6 Å². The van der Waals surface area contributed by atoms with E-state index in [1.807, 2.05) is 41.1 Å². The maximum atomic E-state index is 11.8. The first kappa shape index (κ1) is 17.2. The van der Waals surface area contributed by atoms with Crippen LogP contribution in [0, 0.1) is 0 Å². The molecule has 0 unspecified atom stereocenters. The van der Waals surface area contributed by atoms with E-state index in [1.54, 1.807) is 18.4 Å². The second-order valence-electron chi connectivity index (χ2n) is 5.50. The van der Waals surface area contributed by atoms with E-state index in [2.05, 4.69) is 15.5 Å². The molecule has 0 radical (unpaired) electrons. The number of hydrogen-bond acceptors (Lipinski definition) is 6. The van der Waals surface area contributed by atoms with Gasteiger partial charge in [0.15, 0.2) is 0 Å². The molecular formula is C18H19N3O3S. The molecule has 0 atom stereocenters. The largest absolute Gasteiger partial charge is 0.497 e. The van der Waals surface area contributed by atoms with E-state index >= 15 is 0 Å². The van der Waals surface area contributed by atoms with E-state index in [0.717, 1.165) is 16.9 Å². The second kappa shape index (κ2) is 8.43. The van der Waals surface area contributed by atoms with Crippen molar-refractivity contribution in [2.24, 2.45) is 0 Å². The summed E-state index contributed by atoms with van der Waals surface area (Å²) >= 11 is 1.62. The molecule has 6 nitrogen and oxygen atoms in total.